The Hall–Kier alpha value is -8.20. The molecule has 0 amide bonds. The van der Waals surface area contributed by atoms with Crippen LogP contribution in [0.3, 0.4) is 0 Å². The lowest BCUT2D eigenvalue weighted by Gasteiger charge is -2.13. The van der Waals surface area contributed by atoms with Gasteiger partial charge in [0.1, 0.15) is 22.3 Å². The van der Waals surface area contributed by atoms with Gasteiger partial charge in [-0.15, -0.1) is 0 Å². The highest BCUT2D eigenvalue weighted by Crippen LogP contribution is 2.38. The van der Waals surface area contributed by atoms with Crippen LogP contribution in [0, 0.1) is 41.7 Å². The number of fused-ring (bicyclic) bond motifs is 16. The Balaban J connectivity index is 1.21. The summed E-state index contributed by atoms with van der Waals surface area (Å²) in [7, 11) is 0. The van der Waals surface area contributed by atoms with Crippen LogP contribution in [0.4, 0.5) is 0 Å². The number of hydrogen-bond donors (Lipinski definition) is 0. The van der Waals surface area contributed by atoms with E-state index in [0.29, 0.717) is 0 Å². The van der Waals surface area contributed by atoms with Crippen LogP contribution in [-0.2, 0) is 0 Å². The van der Waals surface area contributed by atoms with Crippen molar-refractivity contribution in [1.82, 2.24) is 0 Å². The van der Waals surface area contributed by atoms with Gasteiger partial charge in [-0.05, 0) is 151 Å². The predicted molar refractivity (Wildman–Crippen MR) is 254 cm³/mol. The van der Waals surface area contributed by atoms with Gasteiger partial charge in [-0.25, -0.2) is 0 Å². The second-order valence-corrected chi connectivity index (χ2v) is 16.7. The molecule has 2 aromatic heterocycles. The summed E-state index contributed by atoms with van der Waals surface area (Å²) in [6.45, 7) is 0. The van der Waals surface area contributed by atoms with Crippen molar-refractivity contribution in [2.75, 3.05) is 0 Å². The summed E-state index contributed by atoms with van der Waals surface area (Å²) in [6, 6.07) is 75.7. The van der Waals surface area contributed by atoms with Crippen molar-refractivity contribution < 1.29 is 8.83 Å². The highest BCUT2D eigenvalue weighted by molar-refractivity contribution is 6.25. The van der Waals surface area contributed by atoms with Gasteiger partial charge < -0.3 is 8.83 Å². The Morgan fingerprint density at radius 2 is 0.629 bits per heavy atom. The first kappa shape index (κ1) is 33.6. The van der Waals surface area contributed by atoms with E-state index in [-0.39, 0.29) is 0 Å². The number of rotatable bonds is 2. The molecule has 0 unspecified atom stereocenters. The Bertz CT molecular complexity index is 4520. The van der Waals surface area contributed by atoms with Crippen molar-refractivity contribution >= 4 is 76.2 Å². The monoisotopic (exact) mass is 786 g/mol. The van der Waals surface area contributed by atoms with Crippen molar-refractivity contribution in [1.29, 1.82) is 0 Å². The molecule has 0 fully saturated rings. The van der Waals surface area contributed by atoms with E-state index < -0.39 is 0 Å². The molecule has 0 radical (unpaired) electrons. The molecule has 62 heavy (non-hydrogen) atoms. The summed E-state index contributed by atoms with van der Waals surface area (Å²) < 4.78 is 12.6. The van der Waals surface area contributed by atoms with Gasteiger partial charge in [0.2, 0.25) is 0 Å². The Kier molecular flexibility index (Phi) is 6.86. The summed E-state index contributed by atoms with van der Waals surface area (Å²) in [5.74, 6) is 0. The fraction of sp³-hybridized carbons (Fsp3) is 0. The Morgan fingerprint density at radius 3 is 1.27 bits per heavy atom. The first-order chi connectivity index (χ1) is 30.7. The van der Waals surface area contributed by atoms with Gasteiger partial charge in [-0.1, -0.05) is 152 Å². The van der Waals surface area contributed by atoms with Crippen LogP contribution in [0.5, 0.6) is 0 Å². The molecule has 0 saturated heterocycles. The van der Waals surface area contributed by atoms with Crippen molar-refractivity contribution in [2.24, 2.45) is 0 Å². The molecule has 0 bridgehead atoms. The van der Waals surface area contributed by atoms with E-state index in [1.54, 1.807) is 0 Å². The molecular formula is C60H34O2. The van der Waals surface area contributed by atoms with Crippen LogP contribution in [0.1, 0.15) is 0 Å². The zero-order valence-electron chi connectivity index (χ0n) is 33.4. The lowest BCUT2D eigenvalue weighted by Crippen LogP contribution is -1.94. The fourth-order valence-corrected chi connectivity index (χ4v) is 10.6. The zero-order chi connectivity index (χ0) is 40.5. The second kappa shape index (κ2) is 12.7. The van der Waals surface area contributed by atoms with E-state index in [1.807, 2.05) is 18.2 Å². The van der Waals surface area contributed by atoms with Gasteiger partial charge in [0.15, 0.2) is 0 Å². The van der Waals surface area contributed by atoms with E-state index in [0.717, 1.165) is 60.6 Å². The van der Waals surface area contributed by atoms with E-state index in [4.69, 9.17) is 8.83 Å². The predicted octanol–water partition coefficient (Wildman–Crippen LogP) is 15.7. The standard InChI is InChI=1S/C60H34O2/c1-3-14-41-39(12-1)40-13-2-4-15-42(40)51-34-53-48-21-11-20-38(37-26-29-59-55(32-37)46-18-8-10-23-57(46)62-59)60(48)47-19-6-5-16-43(47)49-30-35(24-27-44(49)52(53)33-50(41)51)36-25-28-58-54(31-36)45-17-7-9-22-56(45)61-58/h1-34H. The minimum atomic E-state index is 0.896. The van der Waals surface area contributed by atoms with Crippen LogP contribution in [0.15, 0.2) is 215 Å². The molecule has 11 aromatic carbocycles. The second-order valence-electron chi connectivity index (χ2n) is 16.7. The van der Waals surface area contributed by atoms with Crippen molar-refractivity contribution in [3.05, 3.63) is 248 Å². The third-order valence-corrected chi connectivity index (χ3v) is 13.4. The van der Waals surface area contributed by atoms with E-state index in [9.17, 15) is 0 Å². The molecule has 2 heterocycles. The summed E-state index contributed by atoms with van der Waals surface area (Å²) in [4.78, 5) is 0. The maximum absolute atomic E-state index is 6.32. The van der Waals surface area contributed by atoms with Gasteiger partial charge in [0, 0.05) is 21.5 Å². The number of para-hydroxylation sites is 2. The lowest BCUT2D eigenvalue weighted by molar-refractivity contribution is 0.668. The van der Waals surface area contributed by atoms with Gasteiger partial charge in [-0.2, -0.15) is 0 Å². The van der Waals surface area contributed by atoms with Crippen LogP contribution in [-0.4, -0.2) is 0 Å². The molecule has 1 aliphatic rings. The van der Waals surface area contributed by atoms with Crippen LogP contribution < -0.4 is 0 Å². The SMILES string of the molecule is c1ccc2c(c1)=c1cc(-c3ccc4oc5ccccc5c4c3)ccc1=c1cc3c4ccccc4c4ccccc4c3cc1=c1cccc(-c3ccc4oc5ccccc5c4c3)c1=2. The van der Waals surface area contributed by atoms with Gasteiger partial charge in [0.25, 0.3) is 0 Å². The number of furan rings is 2. The fourth-order valence-electron chi connectivity index (χ4n) is 10.6. The largest absolute Gasteiger partial charge is 0.456 e. The molecule has 0 N–H and O–H groups in total. The highest BCUT2D eigenvalue weighted by atomic mass is 16.3. The van der Waals surface area contributed by atoms with Crippen LogP contribution in [0.25, 0.3) is 98.4 Å². The lowest BCUT2D eigenvalue weighted by atomic mass is 9.90. The molecule has 0 spiro atoms. The quantitative estimate of drug-likeness (QED) is 0.163. The van der Waals surface area contributed by atoms with Crippen molar-refractivity contribution in [3.8, 4) is 22.3 Å². The van der Waals surface area contributed by atoms with E-state index in [1.165, 1.54) is 79.6 Å². The Morgan fingerprint density at radius 1 is 0.210 bits per heavy atom. The molecule has 2 heteroatoms. The number of benzene rings is 11. The van der Waals surface area contributed by atoms with Crippen LogP contribution in [0.2, 0.25) is 0 Å². The average molecular weight is 787 g/mol. The summed E-state index contributed by atoms with van der Waals surface area (Å²) in [6.07, 6.45) is 0. The molecule has 13 aromatic rings. The molecule has 2 nitrogen and oxygen atoms in total. The molecule has 0 aliphatic heterocycles. The van der Waals surface area contributed by atoms with Crippen molar-refractivity contribution in [2.45, 2.75) is 0 Å². The minimum Gasteiger partial charge on any atom is -0.456 e. The zero-order valence-corrected chi connectivity index (χ0v) is 33.4. The smallest absolute Gasteiger partial charge is 0.135 e. The summed E-state index contributed by atoms with van der Waals surface area (Å²) in [5.41, 5.74) is 8.27. The topological polar surface area (TPSA) is 26.3 Å². The third kappa shape index (κ3) is 4.75. The van der Waals surface area contributed by atoms with E-state index >= 15 is 0 Å². The molecule has 14 rings (SSSR count). The van der Waals surface area contributed by atoms with Crippen LogP contribution >= 0.6 is 0 Å². The molecule has 286 valence electrons. The Labute approximate surface area is 353 Å². The van der Waals surface area contributed by atoms with Gasteiger partial charge in [-0.3, -0.25) is 0 Å². The van der Waals surface area contributed by atoms with E-state index in [2.05, 4.69) is 188 Å². The van der Waals surface area contributed by atoms with Gasteiger partial charge in [0.05, 0.1) is 0 Å². The third-order valence-electron chi connectivity index (χ3n) is 13.4. The molecule has 0 atom stereocenters. The summed E-state index contributed by atoms with van der Waals surface area (Å²) in [5, 5.41) is 21.8. The van der Waals surface area contributed by atoms with Gasteiger partial charge >= 0.3 is 0 Å². The highest BCUT2D eigenvalue weighted by Gasteiger charge is 2.15. The number of hydrogen-bond acceptors (Lipinski definition) is 2. The first-order valence-corrected chi connectivity index (χ1v) is 21.3. The first-order valence-electron chi connectivity index (χ1n) is 21.3. The average Bonchev–Trinajstić information content (AvgIpc) is 3.91. The molecule has 1 aliphatic carbocycles. The summed E-state index contributed by atoms with van der Waals surface area (Å²) >= 11 is 0. The maximum Gasteiger partial charge on any atom is 0.135 e. The maximum atomic E-state index is 6.32. The normalized spacial score (nSPS) is 12.2. The molecular weight excluding hydrogens is 753 g/mol. The van der Waals surface area contributed by atoms with Crippen molar-refractivity contribution in [3.63, 3.8) is 0 Å². The molecule has 0 saturated carbocycles. The minimum absolute atomic E-state index is 0.896.